The summed E-state index contributed by atoms with van der Waals surface area (Å²) in [6.07, 6.45) is 1.40. The van der Waals surface area contributed by atoms with Crippen LogP contribution in [0.3, 0.4) is 0 Å². The van der Waals surface area contributed by atoms with Gasteiger partial charge in [0.1, 0.15) is 11.7 Å². The molecule has 1 saturated heterocycles. The lowest BCUT2D eigenvalue weighted by Gasteiger charge is -2.05. The number of benzene rings is 1. The van der Waals surface area contributed by atoms with E-state index in [0.717, 1.165) is 5.01 Å². The molecule has 0 saturated carbocycles. The van der Waals surface area contributed by atoms with Gasteiger partial charge in [0.15, 0.2) is 0 Å². The number of hydrogen-bond donors (Lipinski definition) is 1. The van der Waals surface area contributed by atoms with E-state index >= 15 is 0 Å². The van der Waals surface area contributed by atoms with E-state index in [2.05, 4.69) is 15.5 Å². The van der Waals surface area contributed by atoms with Gasteiger partial charge in [-0.15, -0.1) is 0 Å². The fourth-order valence-corrected chi connectivity index (χ4v) is 2.62. The van der Waals surface area contributed by atoms with Crippen molar-refractivity contribution >= 4 is 41.4 Å². The Labute approximate surface area is 141 Å². The van der Waals surface area contributed by atoms with Crippen LogP contribution in [0.4, 0.5) is 4.79 Å². The molecule has 1 aromatic carbocycles. The zero-order valence-corrected chi connectivity index (χ0v) is 13.5. The molecule has 1 aromatic heterocycles. The number of aryl methyl sites for hydroxylation is 1. The molecular formula is C14H11Cl2N5O2. The van der Waals surface area contributed by atoms with Crippen molar-refractivity contribution in [2.24, 2.45) is 5.10 Å². The van der Waals surface area contributed by atoms with Crippen molar-refractivity contribution in [1.82, 2.24) is 20.1 Å². The molecule has 3 rings (SSSR count). The fraction of sp³-hybridized carbons (Fsp3) is 0.143. The van der Waals surface area contributed by atoms with E-state index in [4.69, 9.17) is 23.2 Å². The Morgan fingerprint density at radius 1 is 1.30 bits per heavy atom. The minimum Gasteiger partial charge on any atom is -0.275 e. The van der Waals surface area contributed by atoms with Gasteiger partial charge in [0.05, 0.1) is 28.2 Å². The molecule has 0 atom stereocenters. The summed E-state index contributed by atoms with van der Waals surface area (Å²) in [4.78, 5) is 22.6. The fourth-order valence-electron chi connectivity index (χ4n) is 2.09. The molecule has 7 nitrogen and oxygen atoms in total. The highest BCUT2D eigenvalue weighted by Crippen LogP contribution is 2.26. The normalized spacial score (nSPS) is 14.8. The smallest absolute Gasteiger partial charge is 0.275 e. The van der Waals surface area contributed by atoms with Crippen molar-refractivity contribution in [3.05, 3.63) is 45.7 Å². The van der Waals surface area contributed by atoms with Crippen LogP contribution in [-0.4, -0.2) is 39.5 Å². The summed E-state index contributed by atoms with van der Waals surface area (Å²) in [5.41, 5.74) is 1.79. The Morgan fingerprint density at radius 3 is 2.70 bits per heavy atom. The molecule has 0 radical (unpaired) electrons. The minimum atomic E-state index is -0.571. The van der Waals surface area contributed by atoms with Crippen LogP contribution in [0.1, 0.15) is 11.3 Å². The van der Waals surface area contributed by atoms with Crippen LogP contribution in [0, 0.1) is 6.92 Å². The number of aromatic nitrogens is 2. The third kappa shape index (κ3) is 2.93. The Morgan fingerprint density at radius 2 is 2.04 bits per heavy atom. The van der Waals surface area contributed by atoms with Crippen LogP contribution in [0.15, 0.2) is 29.4 Å². The van der Waals surface area contributed by atoms with E-state index in [1.807, 2.05) is 12.1 Å². The van der Waals surface area contributed by atoms with Crippen LogP contribution >= 0.6 is 23.2 Å². The van der Waals surface area contributed by atoms with Crippen molar-refractivity contribution in [2.45, 2.75) is 6.92 Å². The maximum absolute atomic E-state index is 11.5. The lowest BCUT2D eigenvalue weighted by atomic mass is 10.3. The predicted molar refractivity (Wildman–Crippen MR) is 86.2 cm³/mol. The molecule has 2 heterocycles. The van der Waals surface area contributed by atoms with Gasteiger partial charge in [-0.25, -0.2) is 14.5 Å². The number of urea groups is 1. The molecule has 9 heteroatoms. The van der Waals surface area contributed by atoms with Crippen LogP contribution in [0.25, 0.3) is 5.69 Å². The SMILES string of the molecule is Cc1nn(-c2ccccc2Cl)c(Cl)c1/C=N/N1CC(=O)NC1=O. The van der Waals surface area contributed by atoms with E-state index in [1.54, 1.807) is 19.1 Å². The van der Waals surface area contributed by atoms with E-state index in [-0.39, 0.29) is 6.54 Å². The first-order valence-corrected chi connectivity index (χ1v) is 7.38. The largest absolute Gasteiger partial charge is 0.344 e. The van der Waals surface area contributed by atoms with E-state index in [0.29, 0.717) is 27.1 Å². The van der Waals surface area contributed by atoms with E-state index in [9.17, 15) is 9.59 Å². The number of nitrogens with zero attached hydrogens (tertiary/aromatic N) is 4. The molecular weight excluding hydrogens is 341 g/mol. The van der Waals surface area contributed by atoms with Crippen molar-refractivity contribution in [2.75, 3.05) is 6.54 Å². The number of carbonyl (C=O) groups excluding carboxylic acids is 2. The van der Waals surface area contributed by atoms with Gasteiger partial charge < -0.3 is 0 Å². The molecule has 3 amide bonds. The Kier molecular flexibility index (Phi) is 4.06. The van der Waals surface area contributed by atoms with E-state index in [1.165, 1.54) is 10.9 Å². The number of rotatable bonds is 3. The number of hydrogen-bond acceptors (Lipinski definition) is 4. The van der Waals surface area contributed by atoms with Gasteiger partial charge in [-0.1, -0.05) is 35.3 Å². The molecule has 2 aromatic rings. The second-order valence-electron chi connectivity index (χ2n) is 4.81. The molecule has 0 unspecified atom stereocenters. The van der Waals surface area contributed by atoms with Gasteiger partial charge in [0.25, 0.3) is 0 Å². The number of imide groups is 1. The average Bonchev–Trinajstić information content (AvgIpc) is 2.97. The molecule has 0 spiro atoms. The minimum absolute atomic E-state index is 0.120. The first-order valence-electron chi connectivity index (χ1n) is 6.62. The van der Waals surface area contributed by atoms with Crippen LogP contribution in [0.5, 0.6) is 0 Å². The third-order valence-corrected chi connectivity index (χ3v) is 3.91. The van der Waals surface area contributed by atoms with Crippen LogP contribution in [0.2, 0.25) is 10.2 Å². The average molecular weight is 352 g/mol. The summed E-state index contributed by atoms with van der Waals surface area (Å²) in [7, 11) is 0. The van der Waals surface area contributed by atoms with Gasteiger partial charge in [0, 0.05) is 0 Å². The quantitative estimate of drug-likeness (QED) is 0.680. The summed E-state index contributed by atoms with van der Waals surface area (Å²) in [6.45, 7) is 1.64. The Bertz CT molecular complexity index is 831. The monoisotopic (exact) mass is 351 g/mol. The highest BCUT2D eigenvalue weighted by Gasteiger charge is 2.26. The number of amides is 3. The highest BCUT2D eigenvalue weighted by atomic mass is 35.5. The van der Waals surface area contributed by atoms with Crippen molar-refractivity contribution in [1.29, 1.82) is 0 Å². The molecule has 1 aliphatic rings. The lowest BCUT2D eigenvalue weighted by molar-refractivity contribution is -0.118. The molecule has 23 heavy (non-hydrogen) atoms. The standard InChI is InChI=1S/C14H11Cl2N5O2/c1-8-9(6-17-20-7-12(22)18-14(20)23)13(16)21(19-8)11-5-3-2-4-10(11)15/h2-6H,7H2,1H3,(H,18,22,23)/b17-6+. The highest BCUT2D eigenvalue weighted by molar-refractivity contribution is 6.34. The first-order chi connectivity index (χ1) is 11.0. The molecule has 0 bridgehead atoms. The summed E-state index contributed by atoms with van der Waals surface area (Å²) in [5, 5.41) is 12.3. The zero-order chi connectivity index (χ0) is 16.6. The maximum Gasteiger partial charge on any atom is 0.344 e. The van der Waals surface area contributed by atoms with Gasteiger partial charge >= 0.3 is 6.03 Å². The molecule has 1 fully saturated rings. The number of para-hydroxylation sites is 1. The number of hydrazone groups is 1. The predicted octanol–water partition coefficient (Wildman–Crippen LogP) is 2.37. The first kappa shape index (κ1) is 15.5. The Hall–Kier alpha value is -2.38. The van der Waals surface area contributed by atoms with Crippen LogP contribution < -0.4 is 5.32 Å². The lowest BCUT2D eigenvalue weighted by Crippen LogP contribution is -2.24. The van der Waals surface area contributed by atoms with Gasteiger partial charge in [-0.3, -0.25) is 10.1 Å². The third-order valence-electron chi connectivity index (χ3n) is 3.23. The summed E-state index contributed by atoms with van der Waals surface area (Å²) in [5.74, 6) is -0.401. The number of nitrogens with one attached hydrogen (secondary N) is 1. The van der Waals surface area contributed by atoms with Crippen molar-refractivity contribution < 1.29 is 9.59 Å². The van der Waals surface area contributed by atoms with Crippen molar-refractivity contribution in [3.8, 4) is 5.69 Å². The molecule has 1 aliphatic heterocycles. The summed E-state index contributed by atoms with van der Waals surface area (Å²) < 4.78 is 1.50. The summed E-state index contributed by atoms with van der Waals surface area (Å²) >= 11 is 12.5. The molecule has 0 aliphatic carbocycles. The number of carbonyl (C=O) groups is 2. The summed E-state index contributed by atoms with van der Waals surface area (Å²) in [6, 6.07) is 6.58. The molecule has 1 N–H and O–H groups in total. The van der Waals surface area contributed by atoms with Gasteiger partial charge in [-0.2, -0.15) is 10.2 Å². The second kappa shape index (κ2) is 6.02. The number of halogens is 2. The molecule has 118 valence electrons. The van der Waals surface area contributed by atoms with Gasteiger partial charge in [0.2, 0.25) is 5.91 Å². The maximum atomic E-state index is 11.5. The van der Waals surface area contributed by atoms with E-state index < -0.39 is 11.9 Å². The van der Waals surface area contributed by atoms with Gasteiger partial charge in [-0.05, 0) is 19.1 Å². The van der Waals surface area contributed by atoms with Crippen molar-refractivity contribution in [3.63, 3.8) is 0 Å². The second-order valence-corrected chi connectivity index (χ2v) is 5.57. The topological polar surface area (TPSA) is 79.6 Å². The zero-order valence-electron chi connectivity index (χ0n) is 12.0. The van der Waals surface area contributed by atoms with Crippen LogP contribution in [-0.2, 0) is 4.79 Å². The Balaban J connectivity index is 1.94.